The summed E-state index contributed by atoms with van der Waals surface area (Å²) in [6.45, 7) is 4.98. The van der Waals surface area contributed by atoms with E-state index in [-0.39, 0.29) is 11.3 Å². The minimum absolute atomic E-state index is 0.255. The Morgan fingerprint density at radius 2 is 1.44 bits per heavy atom. The summed E-state index contributed by atoms with van der Waals surface area (Å²) in [6, 6.07) is 9.41. The van der Waals surface area contributed by atoms with Crippen molar-refractivity contribution in [3.63, 3.8) is 0 Å². The molecule has 0 atom stereocenters. The van der Waals surface area contributed by atoms with Gasteiger partial charge in [-0.15, -0.1) is 0 Å². The van der Waals surface area contributed by atoms with E-state index in [2.05, 4.69) is 13.8 Å². The number of carbonyl (C=O) groups excluding carboxylic acids is 1. The highest BCUT2D eigenvalue weighted by Gasteiger charge is 2.22. The molecule has 0 saturated heterocycles. The molecule has 2 aromatic rings. The molecule has 0 aliphatic heterocycles. The van der Waals surface area contributed by atoms with E-state index in [0.717, 1.165) is 31.6 Å². The van der Waals surface area contributed by atoms with Crippen molar-refractivity contribution in [2.24, 2.45) is 11.8 Å². The number of rotatable bonds is 14. The minimum atomic E-state index is -1.10. The van der Waals surface area contributed by atoms with E-state index in [4.69, 9.17) is 9.47 Å². The number of unbranched alkanes of at least 4 members (excludes halogenated alkanes) is 4. The average Bonchev–Trinajstić information content (AvgIpc) is 2.90. The van der Waals surface area contributed by atoms with Gasteiger partial charge in [0.05, 0.1) is 12.2 Å². The molecule has 1 saturated carbocycles. The van der Waals surface area contributed by atoms with Crippen LogP contribution < -0.4 is 9.47 Å². The molecule has 1 aliphatic carbocycles. The molecule has 0 unspecified atom stereocenters. The molecule has 0 bridgehead atoms. The van der Waals surface area contributed by atoms with Crippen LogP contribution in [-0.2, 0) is 6.42 Å². The van der Waals surface area contributed by atoms with Crippen molar-refractivity contribution in [2.45, 2.75) is 97.3 Å². The maximum absolute atomic E-state index is 14.7. The van der Waals surface area contributed by atoms with Crippen molar-refractivity contribution in [3.8, 4) is 11.5 Å². The van der Waals surface area contributed by atoms with E-state index in [0.29, 0.717) is 30.3 Å². The van der Waals surface area contributed by atoms with E-state index in [1.54, 1.807) is 30.3 Å². The smallest absolute Gasteiger partial charge is 0.343 e. The minimum Gasteiger partial charge on any atom is -0.494 e. The first-order chi connectivity index (χ1) is 17.5. The van der Waals surface area contributed by atoms with Gasteiger partial charge in [0.2, 0.25) is 5.82 Å². The number of halogens is 2. The normalized spacial score (nSPS) is 17.7. The van der Waals surface area contributed by atoms with Crippen molar-refractivity contribution >= 4 is 5.97 Å². The highest BCUT2D eigenvalue weighted by Crippen LogP contribution is 2.35. The number of aryl methyl sites for hydroxylation is 1. The van der Waals surface area contributed by atoms with Crippen LogP contribution in [0, 0.1) is 23.5 Å². The van der Waals surface area contributed by atoms with Gasteiger partial charge in [-0.3, -0.25) is 0 Å². The van der Waals surface area contributed by atoms with Gasteiger partial charge in [0.1, 0.15) is 5.75 Å². The fraction of sp³-hybridized carbons (Fsp3) is 0.581. The lowest BCUT2D eigenvalue weighted by Crippen LogP contribution is -2.15. The predicted octanol–water partition coefficient (Wildman–Crippen LogP) is 9.07. The number of hydrogen-bond donors (Lipinski definition) is 0. The summed E-state index contributed by atoms with van der Waals surface area (Å²) >= 11 is 0. The van der Waals surface area contributed by atoms with E-state index in [9.17, 15) is 13.6 Å². The second-order valence-corrected chi connectivity index (χ2v) is 10.2. The molecule has 0 amide bonds. The molecule has 0 radical (unpaired) electrons. The summed E-state index contributed by atoms with van der Waals surface area (Å²) < 4.78 is 40.3. The molecule has 2 aromatic carbocycles. The van der Waals surface area contributed by atoms with E-state index < -0.39 is 17.6 Å². The second-order valence-electron chi connectivity index (χ2n) is 10.2. The Bertz CT molecular complexity index is 934. The molecule has 0 aromatic heterocycles. The van der Waals surface area contributed by atoms with E-state index >= 15 is 0 Å². The summed E-state index contributed by atoms with van der Waals surface area (Å²) in [4.78, 5) is 12.5. The largest absolute Gasteiger partial charge is 0.494 e. The number of esters is 1. The molecule has 3 nitrogen and oxygen atoms in total. The molecule has 0 N–H and O–H groups in total. The van der Waals surface area contributed by atoms with E-state index in [1.165, 1.54) is 57.4 Å². The molecular formula is C31H42F2O3. The number of carbonyl (C=O) groups is 1. The van der Waals surface area contributed by atoms with Gasteiger partial charge in [0, 0.05) is 0 Å². The highest BCUT2D eigenvalue weighted by atomic mass is 19.2. The first-order valence-electron chi connectivity index (χ1n) is 13.9. The molecule has 36 heavy (non-hydrogen) atoms. The van der Waals surface area contributed by atoms with Crippen LogP contribution in [0.25, 0.3) is 0 Å². The Hall–Kier alpha value is -2.43. The molecule has 198 valence electrons. The van der Waals surface area contributed by atoms with Crippen molar-refractivity contribution in [1.82, 2.24) is 0 Å². The van der Waals surface area contributed by atoms with Crippen molar-refractivity contribution in [3.05, 3.63) is 59.2 Å². The zero-order valence-electron chi connectivity index (χ0n) is 22.0. The van der Waals surface area contributed by atoms with Crippen molar-refractivity contribution in [2.75, 3.05) is 6.61 Å². The lowest BCUT2D eigenvalue weighted by molar-refractivity contribution is 0.0726. The Kier molecular flexibility index (Phi) is 11.7. The van der Waals surface area contributed by atoms with Crippen LogP contribution in [0.15, 0.2) is 36.4 Å². The lowest BCUT2D eigenvalue weighted by atomic mass is 9.78. The van der Waals surface area contributed by atoms with Crippen LogP contribution in [-0.4, -0.2) is 12.6 Å². The molecule has 3 rings (SSSR count). The first-order valence-corrected chi connectivity index (χ1v) is 13.9. The number of ether oxygens (including phenoxy) is 2. The SMILES string of the molecule is CCCCCOc1ccc(C(=O)Oc2ccc(CCC3CCC(CCCCC)CC3)c(F)c2F)cc1. The molecular weight excluding hydrogens is 458 g/mol. The maximum Gasteiger partial charge on any atom is 0.343 e. The van der Waals surface area contributed by atoms with Gasteiger partial charge in [-0.2, -0.15) is 4.39 Å². The quantitative estimate of drug-likeness (QED) is 0.147. The highest BCUT2D eigenvalue weighted by molar-refractivity contribution is 5.91. The standard InChI is InChI=1S/C31H42F2O3/c1-3-5-7-9-23-10-12-24(13-11-23)14-15-25-18-21-28(30(33)29(25)32)36-31(34)26-16-19-27(20-17-26)35-22-8-6-4-2/h16-21,23-24H,3-15,22H2,1-2H3. The summed E-state index contributed by atoms with van der Waals surface area (Å²) in [5, 5.41) is 0. The Morgan fingerprint density at radius 3 is 2.11 bits per heavy atom. The van der Waals surface area contributed by atoms with Crippen molar-refractivity contribution < 1.29 is 23.0 Å². The molecule has 5 heteroatoms. The van der Waals surface area contributed by atoms with Gasteiger partial charge in [0.15, 0.2) is 11.6 Å². The Morgan fingerprint density at radius 1 is 0.806 bits per heavy atom. The van der Waals surface area contributed by atoms with Crippen LogP contribution >= 0.6 is 0 Å². The van der Waals surface area contributed by atoms with Crippen LogP contribution in [0.5, 0.6) is 11.5 Å². The number of benzene rings is 2. The van der Waals surface area contributed by atoms with E-state index in [1.807, 2.05) is 0 Å². The molecule has 0 heterocycles. The third-order valence-corrected chi connectivity index (χ3v) is 7.44. The summed E-state index contributed by atoms with van der Waals surface area (Å²) in [7, 11) is 0. The predicted molar refractivity (Wildman–Crippen MR) is 141 cm³/mol. The fourth-order valence-electron chi connectivity index (χ4n) is 5.08. The summed E-state index contributed by atoms with van der Waals surface area (Å²) in [6.07, 6.45) is 14.7. The fourth-order valence-corrected chi connectivity index (χ4v) is 5.08. The molecule has 1 aliphatic rings. The van der Waals surface area contributed by atoms with Gasteiger partial charge in [-0.1, -0.05) is 84.1 Å². The van der Waals surface area contributed by atoms with Crippen LogP contribution in [0.4, 0.5) is 8.78 Å². The van der Waals surface area contributed by atoms with Gasteiger partial charge in [-0.25, -0.2) is 9.18 Å². The van der Waals surface area contributed by atoms with Crippen LogP contribution in [0.2, 0.25) is 0 Å². The molecule has 0 spiro atoms. The lowest BCUT2D eigenvalue weighted by Gasteiger charge is -2.28. The monoisotopic (exact) mass is 500 g/mol. The van der Waals surface area contributed by atoms with Crippen LogP contribution in [0.1, 0.15) is 107 Å². The average molecular weight is 501 g/mol. The first kappa shape index (κ1) is 28.1. The second kappa shape index (κ2) is 15.0. The third kappa shape index (κ3) is 8.60. The zero-order chi connectivity index (χ0) is 25.8. The summed E-state index contributed by atoms with van der Waals surface area (Å²) in [5.41, 5.74) is 0.604. The van der Waals surface area contributed by atoms with Gasteiger partial charge in [0.25, 0.3) is 0 Å². The molecule has 1 fully saturated rings. The number of hydrogen-bond acceptors (Lipinski definition) is 3. The van der Waals surface area contributed by atoms with Gasteiger partial charge in [-0.05, 0) is 67.0 Å². The van der Waals surface area contributed by atoms with Gasteiger partial charge < -0.3 is 9.47 Å². The van der Waals surface area contributed by atoms with Gasteiger partial charge >= 0.3 is 5.97 Å². The van der Waals surface area contributed by atoms with Crippen molar-refractivity contribution in [1.29, 1.82) is 0 Å². The van der Waals surface area contributed by atoms with Crippen LogP contribution in [0.3, 0.4) is 0 Å². The topological polar surface area (TPSA) is 35.5 Å². The third-order valence-electron chi connectivity index (χ3n) is 7.44. The Labute approximate surface area is 215 Å². The summed E-state index contributed by atoms with van der Waals surface area (Å²) in [5.74, 6) is -1.05. The maximum atomic E-state index is 14.7. The Balaban J connectivity index is 1.47. The zero-order valence-corrected chi connectivity index (χ0v) is 22.0.